The number of nitrogens with zero attached hydrogens (tertiary/aromatic N) is 4. The third-order valence-electron chi connectivity index (χ3n) is 6.47. The molecule has 1 N–H and O–H groups in total. The van der Waals surface area contributed by atoms with Crippen molar-refractivity contribution in [3.8, 4) is 0 Å². The Morgan fingerprint density at radius 3 is 3.03 bits per heavy atom. The molecule has 31 heavy (non-hydrogen) atoms. The predicted octanol–water partition coefficient (Wildman–Crippen LogP) is 3.50. The minimum absolute atomic E-state index is 0.00116. The lowest BCUT2D eigenvalue weighted by Gasteiger charge is -2.35. The summed E-state index contributed by atoms with van der Waals surface area (Å²) in [5.41, 5.74) is 3.28. The lowest BCUT2D eigenvalue weighted by atomic mass is 9.98. The Morgan fingerprint density at radius 2 is 2.23 bits per heavy atom. The summed E-state index contributed by atoms with van der Waals surface area (Å²) in [6, 6.07) is 6.18. The van der Waals surface area contributed by atoms with Gasteiger partial charge in [0.2, 0.25) is 5.91 Å². The van der Waals surface area contributed by atoms with E-state index in [2.05, 4.69) is 27.5 Å². The average molecular weight is 440 g/mol. The fourth-order valence-electron chi connectivity index (χ4n) is 4.90. The van der Waals surface area contributed by atoms with Crippen LogP contribution in [0.3, 0.4) is 0 Å². The number of aromatic amines is 1. The van der Waals surface area contributed by atoms with E-state index >= 15 is 0 Å². The standard InChI is InChI=1S/C23H29N5O2S/c1-2-6-22(29)27-10-4-3-8-20(27)19-13-21-24-18-9-11-26(14-16-7-5-12-31-16)15-17(18)23(30)28(21)25-19/h5,7,12-13,20,25H,2-4,6,8-11,14-15H2,1H3/t20-/m0/s1. The number of piperidine rings is 1. The van der Waals surface area contributed by atoms with Crippen molar-refractivity contribution in [3.05, 3.63) is 55.8 Å². The molecule has 3 aromatic heterocycles. The van der Waals surface area contributed by atoms with Crippen molar-refractivity contribution in [3.63, 3.8) is 0 Å². The number of likely N-dealkylation sites (tertiary alicyclic amines) is 1. The largest absolute Gasteiger partial charge is 0.334 e. The highest BCUT2D eigenvalue weighted by Gasteiger charge is 2.30. The molecule has 164 valence electrons. The number of carbonyl (C=O) groups excluding carboxylic acids is 1. The first-order valence-corrected chi connectivity index (χ1v) is 12.2. The number of carbonyl (C=O) groups is 1. The van der Waals surface area contributed by atoms with Gasteiger partial charge < -0.3 is 4.90 Å². The van der Waals surface area contributed by atoms with Gasteiger partial charge in [0.15, 0.2) is 5.65 Å². The van der Waals surface area contributed by atoms with E-state index in [-0.39, 0.29) is 17.5 Å². The second-order valence-corrected chi connectivity index (χ2v) is 9.67. The first-order valence-electron chi connectivity index (χ1n) is 11.3. The molecule has 0 bridgehead atoms. The molecule has 2 aliphatic rings. The molecular formula is C23H29N5O2S. The summed E-state index contributed by atoms with van der Waals surface area (Å²) in [6.07, 6.45) is 5.27. The number of hydrogen-bond acceptors (Lipinski definition) is 5. The Kier molecular flexibility index (Phi) is 5.67. The van der Waals surface area contributed by atoms with E-state index in [0.29, 0.717) is 18.6 Å². The normalized spacial score (nSPS) is 19.6. The van der Waals surface area contributed by atoms with Crippen LogP contribution in [0.5, 0.6) is 0 Å². The van der Waals surface area contributed by atoms with Gasteiger partial charge in [0, 0.05) is 50.0 Å². The Morgan fingerprint density at radius 1 is 1.32 bits per heavy atom. The molecule has 1 saturated heterocycles. The average Bonchev–Trinajstić information content (AvgIpc) is 3.44. The molecule has 0 saturated carbocycles. The number of fused-ring (bicyclic) bond motifs is 2. The zero-order chi connectivity index (χ0) is 21.4. The van der Waals surface area contributed by atoms with Crippen LogP contribution in [-0.4, -0.2) is 43.4 Å². The van der Waals surface area contributed by atoms with Crippen LogP contribution in [-0.2, 0) is 24.3 Å². The van der Waals surface area contributed by atoms with Crippen molar-refractivity contribution in [2.24, 2.45) is 0 Å². The number of hydrogen-bond donors (Lipinski definition) is 1. The molecule has 1 atom stereocenters. The summed E-state index contributed by atoms with van der Waals surface area (Å²) in [7, 11) is 0. The molecule has 3 aromatic rings. The predicted molar refractivity (Wildman–Crippen MR) is 121 cm³/mol. The van der Waals surface area contributed by atoms with Crippen LogP contribution in [0.25, 0.3) is 5.65 Å². The van der Waals surface area contributed by atoms with Gasteiger partial charge in [-0.1, -0.05) is 13.0 Å². The van der Waals surface area contributed by atoms with Gasteiger partial charge in [-0.15, -0.1) is 11.3 Å². The van der Waals surface area contributed by atoms with Crippen molar-refractivity contribution in [2.45, 2.75) is 64.6 Å². The highest BCUT2D eigenvalue weighted by atomic mass is 32.1. The van der Waals surface area contributed by atoms with E-state index in [1.807, 2.05) is 17.9 Å². The smallest absolute Gasteiger partial charge is 0.277 e. The lowest BCUT2D eigenvalue weighted by Crippen LogP contribution is -2.38. The zero-order valence-electron chi connectivity index (χ0n) is 18.0. The third-order valence-corrected chi connectivity index (χ3v) is 7.33. The first kappa shape index (κ1) is 20.5. The number of rotatable bonds is 5. The number of aromatic nitrogens is 3. The van der Waals surface area contributed by atoms with Crippen molar-refractivity contribution in [2.75, 3.05) is 13.1 Å². The van der Waals surface area contributed by atoms with Crippen molar-refractivity contribution >= 4 is 22.9 Å². The topological polar surface area (TPSA) is 73.7 Å². The molecule has 8 heteroatoms. The fourth-order valence-corrected chi connectivity index (χ4v) is 5.64. The highest BCUT2D eigenvalue weighted by molar-refractivity contribution is 7.09. The summed E-state index contributed by atoms with van der Waals surface area (Å²) >= 11 is 1.75. The van der Waals surface area contributed by atoms with Crippen molar-refractivity contribution < 1.29 is 4.79 Å². The molecule has 7 nitrogen and oxygen atoms in total. The van der Waals surface area contributed by atoms with Gasteiger partial charge in [0.1, 0.15) is 0 Å². The van der Waals surface area contributed by atoms with Gasteiger partial charge >= 0.3 is 0 Å². The number of H-pyrrole nitrogens is 1. The molecular weight excluding hydrogens is 410 g/mol. The molecule has 5 heterocycles. The van der Waals surface area contributed by atoms with Crippen molar-refractivity contribution in [1.29, 1.82) is 0 Å². The van der Waals surface area contributed by atoms with Crippen LogP contribution in [0.15, 0.2) is 28.4 Å². The second-order valence-electron chi connectivity index (χ2n) is 8.64. The van der Waals surface area contributed by atoms with Gasteiger partial charge in [-0.25, -0.2) is 9.50 Å². The van der Waals surface area contributed by atoms with Crippen LogP contribution < -0.4 is 5.56 Å². The van der Waals surface area contributed by atoms with Gasteiger partial charge in [0.05, 0.1) is 23.0 Å². The maximum atomic E-state index is 13.3. The number of thiophene rings is 1. The second kappa shape index (κ2) is 8.59. The molecule has 0 spiro atoms. The molecule has 2 aliphatic heterocycles. The lowest BCUT2D eigenvalue weighted by molar-refractivity contribution is -0.135. The zero-order valence-corrected chi connectivity index (χ0v) is 18.8. The van der Waals surface area contributed by atoms with Crippen molar-refractivity contribution in [1.82, 2.24) is 24.4 Å². The van der Waals surface area contributed by atoms with Crippen LogP contribution in [0, 0.1) is 0 Å². The Balaban J connectivity index is 1.45. The van der Waals surface area contributed by atoms with Gasteiger partial charge in [-0.05, 0) is 37.1 Å². The van der Waals surface area contributed by atoms with E-state index in [1.165, 1.54) is 4.88 Å². The maximum Gasteiger partial charge on any atom is 0.277 e. The Bertz CT molecular complexity index is 1130. The van der Waals surface area contributed by atoms with Gasteiger partial charge in [-0.3, -0.25) is 19.6 Å². The first-order chi connectivity index (χ1) is 15.1. The molecule has 5 rings (SSSR count). The van der Waals surface area contributed by atoms with E-state index in [0.717, 1.165) is 68.7 Å². The summed E-state index contributed by atoms with van der Waals surface area (Å²) in [5.74, 6) is 0.203. The fraction of sp³-hybridized carbons (Fsp3) is 0.522. The summed E-state index contributed by atoms with van der Waals surface area (Å²) in [4.78, 5) is 36.4. The molecule has 1 amide bonds. The molecule has 0 aliphatic carbocycles. The number of nitrogens with one attached hydrogen (secondary N) is 1. The quantitative estimate of drug-likeness (QED) is 0.660. The van der Waals surface area contributed by atoms with Gasteiger partial charge in [-0.2, -0.15) is 0 Å². The minimum Gasteiger partial charge on any atom is -0.334 e. The highest BCUT2D eigenvalue weighted by Crippen LogP contribution is 2.31. The third kappa shape index (κ3) is 3.94. The summed E-state index contributed by atoms with van der Waals surface area (Å²) < 4.78 is 1.58. The van der Waals surface area contributed by atoms with E-state index < -0.39 is 0 Å². The Labute approximate surface area is 185 Å². The molecule has 1 fully saturated rings. The molecule has 0 radical (unpaired) electrons. The monoisotopic (exact) mass is 439 g/mol. The van der Waals surface area contributed by atoms with Crippen LogP contribution >= 0.6 is 11.3 Å². The number of amides is 1. The molecule has 0 unspecified atom stereocenters. The summed E-state index contributed by atoms with van der Waals surface area (Å²) in [6.45, 7) is 5.23. The minimum atomic E-state index is -0.00984. The van der Waals surface area contributed by atoms with E-state index in [1.54, 1.807) is 15.9 Å². The van der Waals surface area contributed by atoms with Crippen LogP contribution in [0.1, 0.15) is 66.9 Å². The maximum absolute atomic E-state index is 13.3. The van der Waals surface area contributed by atoms with Crippen LogP contribution in [0.4, 0.5) is 0 Å². The van der Waals surface area contributed by atoms with E-state index in [4.69, 9.17) is 4.98 Å². The van der Waals surface area contributed by atoms with Gasteiger partial charge in [0.25, 0.3) is 5.56 Å². The Hall–Kier alpha value is -2.45. The molecule has 0 aromatic carbocycles. The van der Waals surface area contributed by atoms with Crippen LogP contribution in [0.2, 0.25) is 0 Å². The summed E-state index contributed by atoms with van der Waals surface area (Å²) in [5, 5.41) is 5.39. The van der Waals surface area contributed by atoms with E-state index in [9.17, 15) is 9.59 Å². The SMILES string of the molecule is CCCC(=O)N1CCCC[C@H]1c1cc2nc3c(c(=O)n2[nH]1)CN(Cc1cccs1)CC3.